The van der Waals surface area contributed by atoms with Crippen LogP contribution in [-0.2, 0) is 0 Å². The Morgan fingerprint density at radius 2 is 1.57 bits per heavy atom. The molecule has 4 aliphatic rings. The Kier molecular flexibility index (Phi) is 3.89. The van der Waals surface area contributed by atoms with Crippen molar-refractivity contribution >= 4 is 0 Å². The van der Waals surface area contributed by atoms with Crippen LogP contribution in [0.15, 0.2) is 0 Å². The summed E-state index contributed by atoms with van der Waals surface area (Å²) in [5.74, 6) is 3.87. The van der Waals surface area contributed by atoms with Crippen molar-refractivity contribution in [1.29, 1.82) is 0 Å². The van der Waals surface area contributed by atoms with Crippen molar-refractivity contribution in [2.45, 2.75) is 90.8 Å². The predicted molar refractivity (Wildman–Crippen MR) is 92.9 cm³/mol. The Morgan fingerprint density at radius 1 is 0.870 bits per heavy atom. The summed E-state index contributed by atoms with van der Waals surface area (Å²) < 4.78 is 0. The van der Waals surface area contributed by atoms with E-state index in [2.05, 4.69) is 13.8 Å². The zero-order chi connectivity index (χ0) is 16.4. The molecule has 4 unspecified atom stereocenters. The first-order valence-electron chi connectivity index (χ1n) is 10.2. The summed E-state index contributed by atoms with van der Waals surface area (Å²) >= 11 is 0. The third kappa shape index (κ3) is 2.27. The molecule has 0 bridgehead atoms. The fourth-order valence-corrected chi connectivity index (χ4v) is 8.07. The SMILES string of the molecule is CC(O)[C@H]1CCC2C3CC[C@H]4C[C@@H](O)CC[C@]4(C)C3CC[C@@]21C. The van der Waals surface area contributed by atoms with Gasteiger partial charge in [0.25, 0.3) is 0 Å². The van der Waals surface area contributed by atoms with Gasteiger partial charge in [-0.05, 0) is 105 Å². The number of aliphatic hydroxyl groups is 2. The maximum Gasteiger partial charge on any atom is 0.0545 e. The van der Waals surface area contributed by atoms with Crippen LogP contribution < -0.4 is 0 Å². The van der Waals surface area contributed by atoms with Gasteiger partial charge < -0.3 is 10.2 Å². The first kappa shape index (κ1) is 16.4. The number of rotatable bonds is 1. The lowest BCUT2D eigenvalue weighted by Crippen LogP contribution is -2.54. The summed E-state index contributed by atoms with van der Waals surface area (Å²) in [6, 6.07) is 0. The lowest BCUT2D eigenvalue weighted by molar-refractivity contribution is -0.132. The Bertz CT molecular complexity index is 461. The molecule has 2 nitrogen and oxygen atoms in total. The molecular formula is C21H36O2. The third-order valence-electron chi connectivity index (χ3n) is 9.29. The number of aliphatic hydroxyl groups excluding tert-OH is 2. The van der Waals surface area contributed by atoms with Crippen LogP contribution in [0.4, 0.5) is 0 Å². The van der Waals surface area contributed by atoms with Crippen LogP contribution in [0.25, 0.3) is 0 Å². The largest absolute Gasteiger partial charge is 0.393 e. The molecule has 4 saturated carbocycles. The van der Waals surface area contributed by atoms with Crippen LogP contribution in [0.5, 0.6) is 0 Å². The van der Waals surface area contributed by atoms with Crippen molar-refractivity contribution in [3.8, 4) is 0 Å². The summed E-state index contributed by atoms with van der Waals surface area (Å²) in [4.78, 5) is 0. The average Bonchev–Trinajstić information content (AvgIpc) is 2.85. The van der Waals surface area contributed by atoms with E-state index in [1.165, 1.54) is 44.9 Å². The van der Waals surface area contributed by atoms with Gasteiger partial charge >= 0.3 is 0 Å². The molecule has 23 heavy (non-hydrogen) atoms. The van der Waals surface area contributed by atoms with E-state index in [0.717, 1.165) is 36.5 Å². The third-order valence-corrected chi connectivity index (χ3v) is 9.29. The summed E-state index contributed by atoms with van der Waals surface area (Å²) in [7, 11) is 0. The van der Waals surface area contributed by atoms with Crippen LogP contribution in [0.1, 0.15) is 78.6 Å². The van der Waals surface area contributed by atoms with Gasteiger partial charge in [-0.2, -0.15) is 0 Å². The van der Waals surface area contributed by atoms with E-state index in [0.29, 0.717) is 16.7 Å². The fraction of sp³-hybridized carbons (Fsp3) is 1.00. The summed E-state index contributed by atoms with van der Waals surface area (Å²) in [5.41, 5.74) is 0.860. The average molecular weight is 321 g/mol. The van der Waals surface area contributed by atoms with E-state index in [1.54, 1.807) is 0 Å². The number of hydrogen-bond donors (Lipinski definition) is 2. The van der Waals surface area contributed by atoms with Gasteiger partial charge in [-0.15, -0.1) is 0 Å². The zero-order valence-corrected chi connectivity index (χ0v) is 15.3. The van der Waals surface area contributed by atoms with Crippen molar-refractivity contribution in [3.63, 3.8) is 0 Å². The van der Waals surface area contributed by atoms with E-state index >= 15 is 0 Å². The Morgan fingerprint density at radius 3 is 2.30 bits per heavy atom. The maximum atomic E-state index is 10.3. The van der Waals surface area contributed by atoms with Crippen molar-refractivity contribution in [2.75, 3.05) is 0 Å². The van der Waals surface area contributed by atoms with Crippen LogP contribution in [0, 0.1) is 40.4 Å². The van der Waals surface area contributed by atoms with Crippen molar-refractivity contribution < 1.29 is 10.2 Å². The predicted octanol–water partition coefficient (Wildman–Crippen LogP) is 4.39. The van der Waals surface area contributed by atoms with Gasteiger partial charge in [-0.3, -0.25) is 0 Å². The molecular weight excluding hydrogens is 284 g/mol. The molecule has 0 radical (unpaired) electrons. The molecule has 0 aromatic heterocycles. The molecule has 4 fully saturated rings. The molecule has 0 aliphatic heterocycles. The van der Waals surface area contributed by atoms with E-state index < -0.39 is 0 Å². The van der Waals surface area contributed by atoms with Crippen molar-refractivity contribution in [2.24, 2.45) is 40.4 Å². The van der Waals surface area contributed by atoms with Gasteiger partial charge in [-0.1, -0.05) is 13.8 Å². The number of fused-ring (bicyclic) bond motifs is 5. The highest BCUT2D eigenvalue weighted by Crippen LogP contribution is 2.67. The van der Waals surface area contributed by atoms with E-state index in [-0.39, 0.29) is 12.2 Å². The second kappa shape index (κ2) is 5.46. The minimum absolute atomic E-state index is 0.0374. The van der Waals surface area contributed by atoms with Crippen molar-refractivity contribution in [1.82, 2.24) is 0 Å². The van der Waals surface area contributed by atoms with Crippen LogP contribution in [0.3, 0.4) is 0 Å². The van der Waals surface area contributed by atoms with E-state index in [4.69, 9.17) is 0 Å². The highest BCUT2D eigenvalue weighted by atomic mass is 16.3. The van der Waals surface area contributed by atoms with Gasteiger partial charge in [0, 0.05) is 0 Å². The zero-order valence-electron chi connectivity index (χ0n) is 15.3. The van der Waals surface area contributed by atoms with E-state index in [9.17, 15) is 10.2 Å². The van der Waals surface area contributed by atoms with Crippen LogP contribution in [-0.4, -0.2) is 22.4 Å². The molecule has 4 aliphatic carbocycles. The van der Waals surface area contributed by atoms with Gasteiger partial charge in [0.05, 0.1) is 12.2 Å². The molecule has 2 N–H and O–H groups in total. The van der Waals surface area contributed by atoms with Crippen molar-refractivity contribution in [3.05, 3.63) is 0 Å². The van der Waals surface area contributed by atoms with Crippen LogP contribution >= 0.6 is 0 Å². The minimum Gasteiger partial charge on any atom is -0.393 e. The Labute approximate surface area is 142 Å². The van der Waals surface area contributed by atoms with E-state index in [1.807, 2.05) is 6.92 Å². The number of hydrogen-bond acceptors (Lipinski definition) is 2. The fourth-order valence-electron chi connectivity index (χ4n) is 8.07. The summed E-state index contributed by atoms with van der Waals surface area (Å²) in [6.07, 6.45) is 11.1. The second-order valence-corrected chi connectivity index (χ2v) is 10.1. The molecule has 0 saturated heterocycles. The van der Waals surface area contributed by atoms with Crippen LogP contribution in [0.2, 0.25) is 0 Å². The molecule has 0 aromatic carbocycles. The maximum absolute atomic E-state index is 10.3. The minimum atomic E-state index is -0.140. The quantitative estimate of drug-likeness (QED) is 0.752. The lowest BCUT2D eigenvalue weighted by Gasteiger charge is -2.61. The first-order chi connectivity index (χ1) is 10.9. The highest BCUT2D eigenvalue weighted by Gasteiger charge is 2.60. The molecule has 2 heteroatoms. The molecule has 0 amide bonds. The molecule has 0 aromatic rings. The van der Waals surface area contributed by atoms with Gasteiger partial charge in [0.1, 0.15) is 0 Å². The second-order valence-electron chi connectivity index (χ2n) is 10.1. The molecule has 9 atom stereocenters. The normalized spacial score (nSPS) is 57.3. The highest BCUT2D eigenvalue weighted by molar-refractivity contribution is 5.09. The van der Waals surface area contributed by atoms with Gasteiger partial charge in [0.15, 0.2) is 0 Å². The van der Waals surface area contributed by atoms with Gasteiger partial charge in [-0.25, -0.2) is 0 Å². The summed E-state index contributed by atoms with van der Waals surface area (Å²) in [6.45, 7) is 7.08. The molecule has 132 valence electrons. The topological polar surface area (TPSA) is 40.5 Å². The molecule has 0 spiro atoms. The monoisotopic (exact) mass is 320 g/mol. The first-order valence-corrected chi connectivity index (χ1v) is 10.2. The Balaban J connectivity index is 1.60. The smallest absolute Gasteiger partial charge is 0.0545 e. The van der Waals surface area contributed by atoms with Gasteiger partial charge in [0.2, 0.25) is 0 Å². The molecule has 4 rings (SSSR count). The standard InChI is InChI=1S/C21H36O2/c1-13(22)17-6-7-18-16-5-4-14-12-15(23)8-10-20(14,2)19(16)9-11-21(17,18)3/h13-19,22-23H,4-12H2,1-3H3/t13?,14-,15-,16?,17+,18?,19?,20-,21+/m0/s1. The summed E-state index contributed by atoms with van der Waals surface area (Å²) in [5, 5.41) is 20.4. The Hall–Kier alpha value is -0.0800. The lowest BCUT2D eigenvalue weighted by atomic mass is 9.44. The molecule has 0 heterocycles.